The van der Waals surface area contributed by atoms with Gasteiger partial charge in [0, 0.05) is 16.1 Å². The van der Waals surface area contributed by atoms with Crippen molar-refractivity contribution in [1.29, 1.82) is 0 Å². The van der Waals surface area contributed by atoms with Crippen molar-refractivity contribution in [2.24, 2.45) is 0 Å². The summed E-state index contributed by atoms with van der Waals surface area (Å²) in [6, 6.07) is 23.7. The summed E-state index contributed by atoms with van der Waals surface area (Å²) in [5.74, 6) is 1.68. The first-order valence-electron chi connectivity index (χ1n) is 9.67. The summed E-state index contributed by atoms with van der Waals surface area (Å²) in [5.41, 5.74) is 7.58. The molecule has 1 heterocycles. The predicted octanol–water partition coefficient (Wildman–Crippen LogP) is 6.02. The van der Waals surface area contributed by atoms with Crippen LogP contribution in [-0.4, -0.2) is 14.2 Å². The maximum absolute atomic E-state index is 6.10. The molecule has 30 heavy (non-hydrogen) atoms. The van der Waals surface area contributed by atoms with Gasteiger partial charge in [-0.2, -0.15) is 0 Å². The number of ether oxygens (including phenoxy) is 2. The van der Waals surface area contributed by atoms with Crippen LogP contribution in [0, 0.1) is 0 Å². The van der Waals surface area contributed by atoms with Crippen LogP contribution in [0.3, 0.4) is 0 Å². The topological polar surface area (TPSA) is 33.7 Å². The van der Waals surface area contributed by atoms with E-state index in [0.29, 0.717) is 5.02 Å². The molecule has 0 saturated heterocycles. The molecule has 0 saturated carbocycles. The second-order valence-corrected chi connectivity index (χ2v) is 7.28. The molecular weight excluding hydrogens is 396 g/mol. The Morgan fingerprint density at radius 2 is 1.50 bits per heavy atom. The van der Waals surface area contributed by atoms with E-state index in [1.807, 2.05) is 72.8 Å². The molecule has 4 nitrogen and oxygen atoms in total. The van der Waals surface area contributed by atoms with E-state index in [-0.39, 0.29) is 6.04 Å². The molecule has 0 aromatic heterocycles. The molecule has 1 atom stereocenters. The highest BCUT2D eigenvalue weighted by atomic mass is 35.5. The lowest BCUT2D eigenvalue weighted by Crippen LogP contribution is -2.34. The van der Waals surface area contributed by atoms with E-state index >= 15 is 0 Å². The van der Waals surface area contributed by atoms with E-state index in [2.05, 4.69) is 28.7 Å². The molecule has 3 aromatic rings. The van der Waals surface area contributed by atoms with E-state index in [4.69, 9.17) is 21.1 Å². The van der Waals surface area contributed by atoms with Crippen molar-refractivity contribution < 1.29 is 9.47 Å². The van der Waals surface area contributed by atoms with Crippen molar-refractivity contribution >= 4 is 23.4 Å². The van der Waals surface area contributed by atoms with Gasteiger partial charge in [-0.25, -0.2) is 0 Å². The first-order chi connectivity index (χ1) is 14.7. The second kappa shape index (κ2) is 8.97. The minimum Gasteiger partial charge on any atom is -0.496 e. The van der Waals surface area contributed by atoms with Crippen LogP contribution in [0.2, 0.25) is 5.02 Å². The average Bonchev–Trinajstić information content (AvgIpc) is 3.22. The molecule has 1 N–H and O–H groups in total. The Morgan fingerprint density at radius 3 is 2.23 bits per heavy atom. The average molecular weight is 419 g/mol. The van der Waals surface area contributed by atoms with Gasteiger partial charge in [0.25, 0.3) is 0 Å². The third-order valence-corrected chi connectivity index (χ3v) is 5.26. The van der Waals surface area contributed by atoms with Crippen molar-refractivity contribution in [1.82, 2.24) is 5.43 Å². The highest BCUT2D eigenvalue weighted by molar-refractivity contribution is 6.30. The van der Waals surface area contributed by atoms with Crippen LogP contribution in [0.4, 0.5) is 5.69 Å². The lowest BCUT2D eigenvalue weighted by Gasteiger charge is -2.28. The van der Waals surface area contributed by atoms with Crippen molar-refractivity contribution in [2.45, 2.75) is 6.04 Å². The number of hydrazine groups is 1. The molecule has 4 rings (SSSR count). The number of para-hydroxylation sites is 2. The number of halogens is 1. The molecule has 1 aliphatic rings. The van der Waals surface area contributed by atoms with Crippen molar-refractivity contribution in [3.8, 4) is 11.5 Å². The SMILES string of the molecule is COc1ccccc1/C=C/C1=C[C@H](c2ccccc2OC)N(c2ccc(Cl)cc2)N1. The highest BCUT2D eigenvalue weighted by Gasteiger charge is 2.27. The zero-order valence-corrected chi connectivity index (χ0v) is 17.6. The lowest BCUT2D eigenvalue weighted by atomic mass is 10.0. The quantitative estimate of drug-likeness (QED) is 0.530. The van der Waals surface area contributed by atoms with Crippen LogP contribution >= 0.6 is 11.6 Å². The smallest absolute Gasteiger partial charge is 0.126 e. The molecule has 0 fully saturated rings. The Morgan fingerprint density at radius 1 is 0.833 bits per heavy atom. The van der Waals surface area contributed by atoms with Gasteiger partial charge in [-0.15, -0.1) is 0 Å². The first kappa shape index (κ1) is 19.9. The number of hydrogen-bond acceptors (Lipinski definition) is 4. The number of rotatable bonds is 6. The van der Waals surface area contributed by atoms with Gasteiger partial charge in [0.05, 0.1) is 31.6 Å². The predicted molar refractivity (Wildman–Crippen MR) is 123 cm³/mol. The van der Waals surface area contributed by atoms with Gasteiger partial charge in [0.15, 0.2) is 0 Å². The number of hydrogen-bond donors (Lipinski definition) is 1. The fourth-order valence-corrected chi connectivity index (χ4v) is 3.66. The van der Waals surface area contributed by atoms with E-state index < -0.39 is 0 Å². The minimum absolute atomic E-state index is 0.0420. The third kappa shape index (κ3) is 4.14. The fraction of sp³-hybridized carbons (Fsp3) is 0.120. The summed E-state index contributed by atoms with van der Waals surface area (Å²) < 4.78 is 11.1. The Kier molecular flexibility index (Phi) is 5.96. The second-order valence-electron chi connectivity index (χ2n) is 6.84. The molecule has 0 amide bonds. The molecule has 1 aliphatic heterocycles. The summed E-state index contributed by atoms with van der Waals surface area (Å²) in [5, 5.41) is 2.81. The van der Waals surface area contributed by atoms with Gasteiger partial charge in [-0.05, 0) is 54.6 Å². The molecule has 152 valence electrons. The molecular formula is C25H23ClN2O2. The maximum Gasteiger partial charge on any atom is 0.126 e. The molecule has 0 radical (unpaired) electrons. The molecule has 0 aliphatic carbocycles. The van der Waals surface area contributed by atoms with Crippen LogP contribution in [0.25, 0.3) is 6.08 Å². The summed E-state index contributed by atoms with van der Waals surface area (Å²) in [7, 11) is 3.37. The van der Waals surface area contributed by atoms with Crippen LogP contribution in [0.15, 0.2) is 90.6 Å². The molecule has 0 spiro atoms. The standard InChI is InChI=1S/C25H23ClN2O2/c1-29-24-9-5-3-7-18(24)11-14-20-17-23(22-8-4-6-10-25(22)30-2)28(27-20)21-15-12-19(26)13-16-21/h3-17,23,27H,1-2H3/b14-11+/t23-/m1/s1. The van der Waals surface area contributed by atoms with Crippen LogP contribution in [0.1, 0.15) is 17.2 Å². The largest absolute Gasteiger partial charge is 0.496 e. The monoisotopic (exact) mass is 418 g/mol. The number of nitrogens with one attached hydrogen (secondary N) is 1. The number of benzene rings is 3. The zero-order chi connectivity index (χ0) is 20.9. The number of allylic oxidation sites excluding steroid dienone is 1. The number of nitrogens with zero attached hydrogens (tertiary/aromatic N) is 1. The van der Waals surface area contributed by atoms with E-state index in [1.165, 1.54) is 0 Å². The van der Waals surface area contributed by atoms with Crippen LogP contribution < -0.4 is 19.9 Å². The number of methoxy groups -OCH3 is 2. The van der Waals surface area contributed by atoms with Gasteiger partial charge >= 0.3 is 0 Å². The number of anilines is 1. The summed E-state index contributed by atoms with van der Waals surface area (Å²) in [6.45, 7) is 0. The highest BCUT2D eigenvalue weighted by Crippen LogP contribution is 2.37. The first-order valence-corrected chi connectivity index (χ1v) is 10.0. The van der Waals surface area contributed by atoms with Gasteiger partial charge in [-0.3, -0.25) is 10.4 Å². The summed E-state index contributed by atoms with van der Waals surface area (Å²) >= 11 is 6.10. The van der Waals surface area contributed by atoms with Gasteiger partial charge in [-0.1, -0.05) is 48.0 Å². The Bertz CT molecular complexity index is 1080. The van der Waals surface area contributed by atoms with E-state index in [9.17, 15) is 0 Å². The van der Waals surface area contributed by atoms with Crippen LogP contribution in [-0.2, 0) is 0 Å². The summed E-state index contributed by atoms with van der Waals surface area (Å²) in [4.78, 5) is 0. The Labute approximate surface area is 182 Å². The minimum atomic E-state index is -0.0420. The van der Waals surface area contributed by atoms with E-state index in [1.54, 1.807) is 14.2 Å². The van der Waals surface area contributed by atoms with Crippen molar-refractivity contribution in [3.05, 3.63) is 107 Å². The molecule has 5 heteroatoms. The van der Waals surface area contributed by atoms with Gasteiger partial charge in [0.2, 0.25) is 0 Å². The Balaban J connectivity index is 1.70. The van der Waals surface area contributed by atoms with Crippen LogP contribution in [0.5, 0.6) is 11.5 Å². The third-order valence-electron chi connectivity index (χ3n) is 5.01. The van der Waals surface area contributed by atoms with Crippen molar-refractivity contribution in [2.75, 3.05) is 19.2 Å². The normalized spacial score (nSPS) is 15.8. The maximum atomic E-state index is 6.10. The summed E-state index contributed by atoms with van der Waals surface area (Å²) in [6.07, 6.45) is 6.27. The van der Waals surface area contributed by atoms with Crippen molar-refractivity contribution in [3.63, 3.8) is 0 Å². The van der Waals surface area contributed by atoms with Gasteiger partial charge in [0.1, 0.15) is 11.5 Å². The fourth-order valence-electron chi connectivity index (χ4n) is 3.53. The van der Waals surface area contributed by atoms with Gasteiger partial charge < -0.3 is 9.47 Å². The molecule has 0 bridgehead atoms. The van der Waals surface area contributed by atoms with E-state index in [0.717, 1.165) is 34.0 Å². The molecule has 3 aromatic carbocycles. The Hall–Kier alpha value is -3.37. The lowest BCUT2D eigenvalue weighted by molar-refractivity contribution is 0.407. The zero-order valence-electron chi connectivity index (χ0n) is 16.9. The molecule has 0 unspecified atom stereocenters.